The first kappa shape index (κ1) is 15.9. The molecule has 22 heavy (non-hydrogen) atoms. The maximum absolute atomic E-state index is 6.11. The van der Waals surface area contributed by atoms with Crippen LogP contribution in [0.15, 0.2) is 24.3 Å². The fourth-order valence-corrected chi connectivity index (χ4v) is 3.48. The summed E-state index contributed by atoms with van der Waals surface area (Å²) in [7, 11) is 0. The second-order valence-corrected chi connectivity index (χ2v) is 7.18. The van der Waals surface area contributed by atoms with E-state index in [0.717, 1.165) is 49.3 Å². The highest BCUT2D eigenvalue weighted by molar-refractivity contribution is 7.10. The predicted octanol–water partition coefficient (Wildman–Crippen LogP) is 3.21. The molecular weight excluding hydrogens is 316 g/mol. The maximum atomic E-state index is 6.11. The first-order valence-electron chi connectivity index (χ1n) is 7.68. The summed E-state index contributed by atoms with van der Waals surface area (Å²) in [6.45, 7) is 8.43. The van der Waals surface area contributed by atoms with Crippen molar-refractivity contribution < 1.29 is 0 Å². The van der Waals surface area contributed by atoms with E-state index in [0.29, 0.717) is 0 Å². The van der Waals surface area contributed by atoms with Gasteiger partial charge >= 0.3 is 0 Å². The van der Waals surface area contributed by atoms with Crippen molar-refractivity contribution in [3.05, 3.63) is 45.4 Å². The minimum absolute atomic E-state index is 0.723. The lowest BCUT2D eigenvalue weighted by Crippen LogP contribution is -2.30. The number of hydrogen-bond acceptors (Lipinski definition) is 5. The Morgan fingerprint density at radius 2 is 1.82 bits per heavy atom. The third-order valence-electron chi connectivity index (χ3n) is 4.22. The molecule has 0 saturated carbocycles. The van der Waals surface area contributed by atoms with E-state index in [1.54, 1.807) is 0 Å². The summed E-state index contributed by atoms with van der Waals surface area (Å²) in [6, 6.07) is 8.66. The summed E-state index contributed by atoms with van der Waals surface area (Å²) in [4.78, 5) is 4.98. The molecule has 118 valence electrons. The van der Waals surface area contributed by atoms with Crippen molar-refractivity contribution in [1.29, 1.82) is 0 Å². The van der Waals surface area contributed by atoms with Crippen molar-refractivity contribution >= 4 is 23.1 Å². The Kier molecular flexibility index (Phi) is 5.41. The van der Waals surface area contributed by atoms with Crippen molar-refractivity contribution in [3.8, 4) is 0 Å². The highest BCUT2D eigenvalue weighted by Crippen LogP contribution is 2.20. The van der Waals surface area contributed by atoms with Gasteiger partial charge < -0.3 is 0 Å². The van der Waals surface area contributed by atoms with Gasteiger partial charge in [-0.05, 0) is 37.6 Å². The SMILES string of the molecule is Cc1ccccc1CN1CCCN(Cc2nnsc2Cl)CC1. The Morgan fingerprint density at radius 3 is 2.50 bits per heavy atom. The Labute approximate surface area is 140 Å². The van der Waals surface area contributed by atoms with Gasteiger partial charge in [0.2, 0.25) is 0 Å². The normalized spacial score (nSPS) is 17.5. The van der Waals surface area contributed by atoms with Crippen LogP contribution in [0.4, 0.5) is 0 Å². The predicted molar refractivity (Wildman–Crippen MR) is 91.3 cm³/mol. The number of hydrogen-bond donors (Lipinski definition) is 0. The Balaban J connectivity index is 1.56. The van der Waals surface area contributed by atoms with Gasteiger partial charge in [-0.15, -0.1) is 5.10 Å². The van der Waals surface area contributed by atoms with Crippen LogP contribution >= 0.6 is 23.1 Å². The number of aromatic nitrogens is 2. The lowest BCUT2D eigenvalue weighted by molar-refractivity contribution is 0.245. The third kappa shape index (κ3) is 4.04. The molecule has 0 N–H and O–H groups in total. The van der Waals surface area contributed by atoms with Crippen molar-refractivity contribution in [2.24, 2.45) is 0 Å². The Bertz CT molecular complexity index is 616. The first-order valence-corrected chi connectivity index (χ1v) is 8.83. The van der Waals surface area contributed by atoms with E-state index in [9.17, 15) is 0 Å². The van der Waals surface area contributed by atoms with Crippen LogP contribution in [-0.2, 0) is 13.1 Å². The zero-order valence-electron chi connectivity index (χ0n) is 12.8. The molecule has 0 aliphatic carbocycles. The van der Waals surface area contributed by atoms with Crippen molar-refractivity contribution in [2.45, 2.75) is 26.4 Å². The van der Waals surface area contributed by atoms with Gasteiger partial charge in [-0.3, -0.25) is 9.80 Å². The first-order chi connectivity index (χ1) is 10.7. The minimum atomic E-state index is 0.723. The van der Waals surface area contributed by atoms with Crippen LogP contribution in [0.2, 0.25) is 4.34 Å². The molecule has 3 rings (SSSR count). The Morgan fingerprint density at radius 1 is 1.09 bits per heavy atom. The van der Waals surface area contributed by atoms with E-state index >= 15 is 0 Å². The monoisotopic (exact) mass is 336 g/mol. The summed E-state index contributed by atoms with van der Waals surface area (Å²) in [5.41, 5.74) is 3.73. The highest BCUT2D eigenvalue weighted by atomic mass is 35.5. The number of rotatable bonds is 4. The molecule has 1 aromatic carbocycles. The molecule has 1 fully saturated rings. The molecule has 2 heterocycles. The molecule has 0 radical (unpaired) electrons. The van der Waals surface area contributed by atoms with E-state index < -0.39 is 0 Å². The third-order valence-corrected chi connectivity index (χ3v) is 5.20. The highest BCUT2D eigenvalue weighted by Gasteiger charge is 2.17. The van der Waals surface area contributed by atoms with Crippen LogP contribution in [0, 0.1) is 6.92 Å². The number of nitrogens with zero attached hydrogens (tertiary/aromatic N) is 4. The van der Waals surface area contributed by atoms with Gasteiger partial charge in [-0.25, -0.2) is 0 Å². The van der Waals surface area contributed by atoms with E-state index in [1.807, 2.05) is 0 Å². The molecule has 1 aromatic heterocycles. The molecule has 0 amide bonds. The molecule has 2 aromatic rings. The number of aryl methyl sites for hydroxylation is 1. The molecule has 6 heteroatoms. The fourth-order valence-electron chi connectivity index (χ4n) is 2.87. The lowest BCUT2D eigenvalue weighted by atomic mass is 10.1. The van der Waals surface area contributed by atoms with Crippen LogP contribution in [0.5, 0.6) is 0 Å². The summed E-state index contributed by atoms with van der Waals surface area (Å²) in [5, 5.41) is 4.12. The molecule has 4 nitrogen and oxygen atoms in total. The van der Waals surface area contributed by atoms with Gasteiger partial charge in [0.05, 0.1) is 0 Å². The lowest BCUT2D eigenvalue weighted by Gasteiger charge is -2.22. The molecule has 0 unspecified atom stereocenters. The van der Waals surface area contributed by atoms with Crippen LogP contribution < -0.4 is 0 Å². The van der Waals surface area contributed by atoms with Crippen molar-refractivity contribution in [3.63, 3.8) is 0 Å². The second kappa shape index (κ2) is 7.51. The van der Waals surface area contributed by atoms with Crippen molar-refractivity contribution in [1.82, 2.24) is 19.4 Å². The van der Waals surface area contributed by atoms with Gasteiger partial charge in [-0.2, -0.15) is 0 Å². The Hall–Kier alpha value is -1.01. The van der Waals surface area contributed by atoms with Gasteiger partial charge in [0.15, 0.2) is 0 Å². The average molecular weight is 337 g/mol. The van der Waals surface area contributed by atoms with E-state index in [1.165, 1.54) is 29.1 Å². The summed E-state index contributed by atoms with van der Waals surface area (Å²) in [6.07, 6.45) is 1.18. The summed E-state index contributed by atoms with van der Waals surface area (Å²) in [5.74, 6) is 0. The largest absolute Gasteiger partial charge is 0.298 e. The quantitative estimate of drug-likeness (QED) is 0.858. The fraction of sp³-hybridized carbons (Fsp3) is 0.500. The van der Waals surface area contributed by atoms with Gasteiger partial charge in [0.1, 0.15) is 10.0 Å². The molecule has 0 atom stereocenters. The maximum Gasteiger partial charge on any atom is 0.138 e. The molecule has 0 spiro atoms. The van der Waals surface area contributed by atoms with Crippen LogP contribution in [0.3, 0.4) is 0 Å². The van der Waals surface area contributed by atoms with Crippen LogP contribution in [-0.4, -0.2) is 45.6 Å². The zero-order chi connectivity index (χ0) is 15.4. The van der Waals surface area contributed by atoms with Crippen molar-refractivity contribution in [2.75, 3.05) is 26.2 Å². The topological polar surface area (TPSA) is 32.3 Å². The number of benzene rings is 1. The summed E-state index contributed by atoms with van der Waals surface area (Å²) >= 11 is 7.38. The zero-order valence-corrected chi connectivity index (χ0v) is 14.4. The van der Waals surface area contributed by atoms with Crippen LogP contribution in [0.1, 0.15) is 23.2 Å². The smallest absolute Gasteiger partial charge is 0.138 e. The van der Waals surface area contributed by atoms with E-state index in [-0.39, 0.29) is 0 Å². The standard InChI is InChI=1S/C16H21ClN4S/c1-13-5-2-3-6-14(13)11-20-7-4-8-21(10-9-20)12-15-16(17)22-19-18-15/h2-3,5-6H,4,7-12H2,1H3. The minimum Gasteiger partial charge on any atom is -0.298 e. The molecule has 1 aliphatic rings. The number of halogens is 1. The van der Waals surface area contributed by atoms with Crippen LogP contribution in [0.25, 0.3) is 0 Å². The molecule has 1 aliphatic heterocycles. The van der Waals surface area contributed by atoms with Gasteiger partial charge in [-0.1, -0.05) is 40.4 Å². The molecule has 0 bridgehead atoms. The average Bonchev–Trinajstić information content (AvgIpc) is 2.78. The molecule has 1 saturated heterocycles. The second-order valence-electron chi connectivity index (χ2n) is 5.83. The molecular formula is C16H21ClN4S. The van der Waals surface area contributed by atoms with E-state index in [4.69, 9.17) is 11.6 Å². The van der Waals surface area contributed by atoms with Gasteiger partial charge in [0.25, 0.3) is 0 Å². The van der Waals surface area contributed by atoms with E-state index in [2.05, 4.69) is 50.6 Å². The summed E-state index contributed by atoms with van der Waals surface area (Å²) < 4.78 is 4.64. The van der Waals surface area contributed by atoms with Gasteiger partial charge in [0, 0.05) is 37.7 Å².